The predicted octanol–water partition coefficient (Wildman–Crippen LogP) is 9.12. The second-order valence-electron chi connectivity index (χ2n) is 10.0. The molecule has 0 aliphatic carbocycles. The summed E-state index contributed by atoms with van der Waals surface area (Å²) in [6.07, 6.45) is -0.249. The van der Waals surface area contributed by atoms with Crippen LogP contribution in [0.25, 0.3) is 0 Å². The molecule has 0 saturated carbocycles. The Morgan fingerprint density at radius 2 is 0.884 bits per heavy atom. The van der Waals surface area contributed by atoms with Gasteiger partial charge >= 0.3 is 0 Å². The average molecular weight is 798 g/mol. The minimum atomic E-state index is -0.729. The number of hydrogen-bond acceptors (Lipinski definition) is 4. The quantitative estimate of drug-likeness (QED) is 0.107. The molecule has 0 spiro atoms. The molecular weight excluding hydrogens is 762 g/mol. The summed E-state index contributed by atoms with van der Waals surface area (Å²) < 4.78 is 20.7. The van der Waals surface area contributed by atoms with E-state index in [0.29, 0.717) is 6.61 Å². The topological polar surface area (TPSA) is 47.9 Å². The molecule has 4 nitrogen and oxygen atoms in total. The summed E-state index contributed by atoms with van der Waals surface area (Å²) in [5, 5.41) is 8.72. The minimum Gasteiger partial charge on any atom is -0.488 e. The highest BCUT2D eigenvalue weighted by molar-refractivity contribution is 14.1. The van der Waals surface area contributed by atoms with E-state index >= 15 is 0 Å². The molecule has 43 heavy (non-hydrogen) atoms. The molecule has 0 radical (unpaired) electrons. The Kier molecular flexibility index (Phi) is 12.9. The number of halogens is 2. The monoisotopic (exact) mass is 798 g/mol. The zero-order valence-corrected chi connectivity index (χ0v) is 28.6. The van der Waals surface area contributed by atoms with Gasteiger partial charge in [0.05, 0.1) is 13.2 Å². The van der Waals surface area contributed by atoms with Crippen molar-refractivity contribution in [2.24, 2.45) is 0 Å². The van der Waals surface area contributed by atoms with Crippen LogP contribution in [0.2, 0.25) is 0 Å². The van der Waals surface area contributed by atoms with E-state index < -0.39 is 5.60 Å². The lowest BCUT2D eigenvalue weighted by molar-refractivity contribution is -0.0256. The summed E-state index contributed by atoms with van der Waals surface area (Å²) in [7, 11) is 0. The lowest BCUT2D eigenvalue weighted by Gasteiger charge is -2.36. The van der Waals surface area contributed by atoms with E-state index in [4.69, 9.17) is 19.3 Å². The van der Waals surface area contributed by atoms with Crippen molar-refractivity contribution in [3.63, 3.8) is 0 Å². The summed E-state index contributed by atoms with van der Waals surface area (Å²) in [5.41, 5.74) is 2.55. The number of aliphatic hydroxyl groups is 1. The zero-order chi connectivity index (χ0) is 30.5. The second-order valence-corrected chi connectivity index (χ2v) is 12.5. The van der Waals surface area contributed by atoms with Crippen molar-refractivity contribution >= 4 is 45.2 Å². The Hall–Kier alpha value is -2.92. The van der Waals surface area contributed by atoms with Crippen LogP contribution in [0, 0.1) is 7.14 Å². The van der Waals surface area contributed by atoms with Crippen LogP contribution in [0.1, 0.15) is 30.5 Å². The molecule has 6 heteroatoms. The van der Waals surface area contributed by atoms with E-state index in [1.807, 2.05) is 80.6 Å². The van der Waals surface area contributed by atoms with Crippen LogP contribution in [-0.4, -0.2) is 30.5 Å². The number of benzene rings is 5. The van der Waals surface area contributed by atoms with E-state index in [2.05, 4.69) is 118 Å². The number of aliphatic hydroxyl groups excluding tert-OH is 1. The van der Waals surface area contributed by atoms with Gasteiger partial charge in [-0.3, -0.25) is 0 Å². The largest absolute Gasteiger partial charge is 0.488 e. The van der Waals surface area contributed by atoms with Crippen molar-refractivity contribution in [1.82, 2.24) is 0 Å². The van der Waals surface area contributed by atoms with Gasteiger partial charge in [0.25, 0.3) is 0 Å². The highest BCUT2D eigenvalue weighted by atomic mass is 127. The molecule has 1 N–H and O–H groups in total. The molecule has 0 aliphatic heterocycles. The van der Waals surface area contributed by atoms with Gasteiger partial charge in [-0.25, -0.2) is 0 Å². The molecular formula is C37H36I2O4. The number of ether oxygens (including phenoxy) is 3. The van der Waals surface area contributed by atoms with Gasteiger partial charge in [-0.1, -0.05) is 91.0 Å². The molecule has 0 aliphatic rings. The lowest BCUT2D eigenvalue weighted by Crippen LogP contribution is -2.36. The van der Waals surface area contributed by atoms with E-state index in [9.17, 15) is 0 Å². The Balaban J connectivity index is 0.000000296. The summed E-state index contributed by atoms with van der Waals surface area (Å²) >= 11 is 4.53. The van der Waals surface area contributed by atoms with Crippen LogP contribution in [0.5, 0.6) is 11.5 Å². The summed E-state index contributed by atoms with van der Waals surface area (Å²) in [5.74, 6) is 1.65. The molecule has 0 saturated heterocycles. The second kappa shape index (κ2) is 16.8. The number of rotatable bonds is 11. The normalized spacial score (nSPS) is 12.4. The molecule has 5 rings (SSSR count). The maximum Gasteiger partial charge on any atom is 0.143 e. The molecule has 2 atom stereocenters. The van der Waals surface area contributed by atoms with E-state index in [1.165, 1.54) is 7.14 Å². The van der Waals surface area contributed by atoms with E-state index in [-0.39, 0.29) is 18.8 Å². The molecule has 0 amide bonds. The van der Waals surface area contributed by atoms with Crippen molar-refractivity contribution in [3.8, 4) is 11.5 Å². The first-order valence-electron chi connectivity index (χ1n) is 14.2. The van der Waals surface area contributed by atoms with Gasteiger partial charge in [0.15, 0.2) is 0 Å². The van der Waals surface area contributed by atoms with E-state index in [1.54, 1.807) is 0 Å². The third kappa shape index (κ3) is 9.53. The zero-order valence-electron chi connectivity index (χ0n) is 24.3. The summed E-state index contributed by atoms with van der Waals surface area (Å²) in [6.45, 7) is 4.36. The standard InChI is InChI=1S/C28H25IO2.C9H11IO2/c1-22(31-27-19-17-26(29)18-20-27)21-30-28(23-11-5-2-6-12-23,24-13-7-3-8-14-24)25-15-9-4-10-16-25;1-7(6-11)12-9-4-2-8(10)3-5-9/h2-20,22H,21H2,1H3;2-5,7,11H,6H2,1H3. The predicted molar refractivity (Wildman–Crippen MR) is 191 cm³/mol. The molecule has 5 aromatic carbocycles. The maximum absolute atomic E-state index is 8.72. The van der Waals surface area contributed by atoms with Crippen molar-refractivity contribution in [3.05, 3.63) is 163 Å². The molecule has 0 aromatic heterocycles. The fraction of sp³-hybridized carbons (Fsp3) is 0.189. The summed E-state index contributed by atoms with van der Waals surface area (Å²) in [6, 6.07) is 47.1. The number of hydrogen-bond donors (Lipinski definition) is 1. The highest BCUT2D eigenvalue weighted by Crippen LogP contribution is 2.40. The van der Waals surface area contributed by atoms with Crippen molar-refractivity contribution in [2.75, 3.05) is 13.2 Å². The van der Waals surface area contributed by atoms with Crippen LogP contribution in [-0.2, 0) is 10.3 Å². The van der Waals surface area contributed by atoms with Gasteiger partial charge < -0.3 is 19.3 Å². The first kappa shape index (κ1) is 33.0. The fourth-order valence-corrected chi connectivity index (χ4v) is 5.29. The Labute approximate surface area is 282 Å². The van der Waals surface area contributed by atoms with Gasteiger partial charge in [0.1, 0.15) is 29.3 Å². The smallest absolute Gasteiger partial charge is 0.143 e. The molecule has 0 fully saturated rings. The van der Waals surface area contributed by atoms with Gasteiger partial charge in [0, 0.05) is 7.14 Å². The van der Waals surface area contributed by atoms with Crippen molar-refractivity contribution in [2.45, 2.75) is 31.7 Å². The molecule has 0 heterocycles. The van der Waals surface area contributed by atoms with E-state index in [0.717, 1.165) is 28.2 Å². The SMILES string of the molecule is CC(CO)Oc1ccc(I)cc1.CC(COC(c1ccccc1)(c1ccccc1)c1ccccc1)Oc1ccc(I)cc1. The lowest BCUT2D eigenvalue weighted by atomic mass is 9.80. The maximum atomic E-state index is 8.72. The Morgan fingerprint density at radius 3 is 1.23 bits per heavy atom. The Morgan fingerprint density at radius 1 is 0.535 bits per heavy atom. The minimum absolute atomic E-state index is 0.0476. The first-order chi connectivity index (χ1) is 20.9. The van der Waals surface area contributed by atoms with Crippen molar-refractivity contribution in [1.29, 1.82) is 0 Å². The molecule has 0 bridgehead atoms. The van der Waals surface area contributed by atoms with Gasteiger partial charge in [-0.05, 0) is 124 Å². The van der Waals surface area contributed by atoms with Gasteiger partial charge in [0.2, 0.25) is 0 Å². The highest BCUT2D eigenvalue weighted by Gasteiger charge is 2.38. The third-order valence-electron chi connectivity index (χ3n) is 6.63. The van der Waals surface area contributed by atoms with Crippen LogP contribution in [0.3, 0.4) is 0 Å². The average Bonchev–Trinajstić information content (AvgIpc) is 3.05. The fourth-order valence-electron chi connectivity index (χ4n) is 4.57. The van der Waals surface area contributed by atoms with Crippen molar-refractivity contribution < 1.29 is 19.3 Å². The molecule has 2 unspecified atom stereocenters. The van der Waals surface area contributed by atoms with Crippen LogP contribution in [0.15, 0.2) is 140 Å². The molecule has 222 valence electrons. The first-order valence-corrected chi connectivity index (χ1v) is 16.3. The molecule has 5 aromatic rings. The van der Waals surface area contributed by atoms with Crippen LogP contribution < -0.4 is 9.47 Å². The Bertz CT molecular complexity index is 1380. The van der Waals surface area contributed by atoms with Crippen LogP contribution in [0.4, 0.5) is 0 Å². The van der Waals surface area contributed by atoms with Gasteiger partial charge in [-0.15, -0.1) is 0 Å². The third-order valence-corrected chi connectivity index (χ3v) is 8.07. The summed E-state index contributed by atoms with van der Waals surface area (Å²) in [4.78, 5) is 0. The van der Waals surface area contributed by atoms with Gasteiger partial charge in [-0.2, -0.15) is 0 Å². The van der Waals surface area contributed by atoms with Crippen LogP contribution >= 0.6 is 45.2 Å².